The van der Waals surface area contributed by atoms with Crippen LogP contribution in [0.1, 0.15) is 15.9 Å². The summed E-state index contributed by atoms with van der Waals surface area (Å²) in [7, 11) is 0. The first-order valence-corrected chi connectivity index (χ1v) is 8.33. The van der Waals surface area contributed by atoms with Crippen molar-refractivity contribution >= 4 is 35.1 Å². The monoisotopic (exact) mass is 377 g/mol. The van der Waals surface area contributed by atoms with Crippen molar-refractivity contribution in [3.05, 3.63) is 82.4 Å². The molecule has 0 aliphatic carbocycles. The fraction of sp³-hybridized carbons (Fsp3) is 0.158. The summed E-state index contributed by atoms with van der Waals surface area (Å²) in [6.45, 7) is 3.71. The molecule has 2 rings (SSSR count). The molecule has 2 aromatic rings. The largest absolute Gasteiger partial charge is 0.480 e. The lowest BCUT2D eigenvalue weighted by atomic mass is 10.0. The fourth-order valence-corrected chi connectivity index (χ4v) is 2.97. The Morgan fingerprint density at radius 3 is 2.40 bits per heavy atom. The molecule has 1 atom stereocenters. The Hall–Kier alpha value is -2.30. The van der Waals surface area contributed by atoms with Crippen molar-refractivity contribution in [3.8, 4) is 0 Å². The van der Waals surface area contributed by atoms with Crippen LogP contribution in [0.3, 0.4) is 0 Å². The second kappa shape index (κ2) is 8.70. The Bertz CT molecular complexity index is 777. The van der Waals surface area contributed by atoms with Gasteiger partial charge < -0.3 is 10.0 Å². The zero-order valence-corrected chi connectivity index (χ0v) is 14.9. The van der Waals surface area contributed by atoms with Gasteiger partial charge in [-0.1, -0.05) is 59.6 Å². The third kappa shape index (κ3) is 4.84. The minimum Gasteiger partial charge on any atom is -0.480 e. The van der Waals surface area contributed by atoms with E-state index in [9.17, 15) is 14.7 Å². The summed E-state index contributed by atoms with van der Waals surface area (Å²) in [6.07, 6.45) is 1.67. The Kier molecular flexibility index (Phi) is 6.62. The number of carbonyl (C=O) groups is 2. The average molecular weight is 378 g/mol. The summed E-state index contributed by atoms with van der Waals surface area (Å²) in [5.41, 5.74) is 1.02. The van der Waals surface area contributed by atoms with Crippen molar-refractivity contribution in [3.63, 3.8) is 0 Å². The maximum atomic E-state index is 12.9. The third-order valence-electron chi connectivity index (χ3n) is 3.68. The van der Waals surface area contributed by atoms with E-state index in [-0.39, 0.29) is 23.6 Å². The minimum absolute atomic E-state index is 0.0849. The van der Waals surface area contributed by atoms with Gasteiger partial charge in [-0.15, -0.1) is 6.58 Å². The second-order valence-electron chi connectivity index (χ2n) is 5.41. The summed E-state index contributed by atoms with van der Waals surface area (Å²) in [5.74, 6) is -1.57. The standard InChI is InChI=1S/C19H17Cl2NO3/c1-2-10-22(18(23)15-9-8-14(20)12-16(15)21)17(19(24)25)11-13-6-4-3-5-7-13/h2-9,12,17H,1,10-11H2,(H,24,25)/t17-/m0/s1. The van der Waals surface area contributed by atoms with E-state index in [1.165, 1.54) is 23.1 Å². The van der Waals surface area contributed by atoms with Crippen LogP contribution in [-0.4, -0.2) is 34.5 Å². The zero-order chi connectivity index (χ0) is 18.4. The molecule has 2 aromatic carbocycles. The molecular weight excluding hydrogens is 361 g/mol. The zero-order valence-electron chi connectivity index (χ0n) is 13.4. The lowest BCUT2D eigenvalue weighted by Crippen LogP contribution is -2.46. The van der Waals surface area contributed by atoms with Gasteiger partial charge in [-0.3, -0.25) is 4.79 Å². The van der Waals surface area contributed by atoms with Crippen LogP contribution in [0.15, 0.2) is 61.2 Å². The van der Waals surface area contributed by atoms with Gasteiger partial charge in [0.2, 0.25) is 0 Å². The number of amides is 1. The van der Waals surface area contributed by atoms with E-state index < -0.39 is 17.9 Å². The molecule has 1 amide bonds. The van der Waals surface area contributed by atoms with E-state index in [1.54, 1.807) is 6.07 Å². The maximum absolute atomic E-state index is 12.9. The topological polar surface area (TPSA) is 57.6 Å². The van der Waals surface area contributed by atoms with Gasteiger partial charge in [0.25, 0.3) is 5.91 Å². The molecule has 0 heterocycles. The van der Waals surface area contributed by atoms with Crippen LogP contribution in [0.2, 0.25) is 10.0 Å². The van der Waals surface area contributed by atoms with Crippen LogP contribution in [0, 0.1) is 0 Å². The van der Waals surface area contributed by atoms with Crippen molar-refractivity contribution < 1.29 is 14.7 Å². The normalized spacial score (nSPS) is 11.6. The highest BCUT2D eigenvalue weighted by atomic mass is 35.5. The molecule has 4 nitrogen and oxygen atoms in total. The Balaban J connectivity index is 2.36. The highest BCUT2D eigenvalue weighted by molar-refractivity contribution is 6.36. The van der Waals surface area contributed by atoms with Gasteiger partial charge in [0.15, 0.2) is 0 Å². The molecule has 0 unspecified atom stereocenters. The maximum Gasteiger partial charge on any atom is 0.326 e. The first kappa shape index (κ1) is 19.0. The lowest BCUT2D eigenvalue weighted by Gasteiger charge is -2.28. The fourth-order valence-electron chi connectivity index (χ4n) is 2.48. The van der Waals surface area contributed by atoms with Crippen LogP contribution in [0.5, 0.6) is 0 Å². The Labute approximate surface area is 156 Å². The van der Waals surface area contributed by atoms with Crippen LogP contribution in [-0.2, 0) is 11.2 Å². The molecule has 0 radical (unpaired) electrons. The van der Waals surface area contributed by atoms with Crippen molar-refractivity contribution in [2.24, 2.45) is 0 Å². The first-order chi connectivity index (χ1) is 11.9. The van der Waals surface area contributed by atoms with E-state index in [1.807, 2.05) is 30.3 Å². The molecule has 6 heteroatoms. The molecule has 0 fully saturated rings. The molecule has 0 saturated heterocycles. The number of hydrogen-bond acceptors (Lipinski definition) is 2. The predicted molar refractivity (Wildman–Crippen MR) is 99.3 cm³/mol. The van der Waals surface area contributed by atoms with Crippen molar-refractivity contribution in [2.45, 2.75) is 12.5 Å². The number of aliphatic carboxylic acids is 1. The van der Waals surface area contributed by atoms with Crippen molar-refractivity contribution in [1.82, 2.24) is 4.90 Å². The first-order valence-electron chi connectivity index (χ1n) is 7.57. The van der Waals surface area contributed by atoms with Crippen molar-refractivity contribution in [2.75, 3.05) is 6.54 Å². The summed E-state index contributed by atoms with van der Waals surface area (Å²) < 4.78 is 0. The van der Waals surface area contributed by atoms with Crippen LogP contribution < -0.4 is 0 Å². The van der Waals surface area contributed by atoms with Gasteiger partial charge in [-0.25, -0.2) is 4.79 Å². The minimum atomic E-state index is -1.09. The molecule has 1 N–H and O–H groups in total. The highest BCUT2D eigenvalue weighted by Gasteiger charge is 2.30. The number of rotatable bonds is 7. The van der Waals surface area contributed by atoms with Crippen LogP contribution in [0.25, 0.3) is 0 Å². The quantitative estimate of drug-likeness (QED) is 0.731. The number of carboxylic acid groups (broad SMARTS) is 1. The summed E-state index contributed by atoms with van der Waals surface area (Å²) in [4.78, 5) is 26.0. The SMILES string of the molecule is C=CCN(C(=O)c1ccc(Cl)cc1Cl)[C@@H](Cc1ccccc1)C(=O)O. The highest BCUT2D eigenvalue weighted by Crippen LogP contribution is 2.24. The molecular formula is C19H17Cl2NO3. The smallest absolute Gasteiger partial charge is 0.326 e. The summed E-state index contributed by atoms with van der Waals surface area (Å²) >= 11 is 12.0. The number of hydrogen-bond donors (Lipinski definition) is 1. The third-order valence-corrected chi connectivity index (χ3v) is 4.23. The number of carboxylic acids is 1. The van der Waals surface area contributed by atoms with Gasteiger partial charge in [0.1, 0.15) is 6.04 Å². The second-order valence-corrected chi connectivity index (χ2v) is 6.26. The van der Waals surface area contributed by atoms with Gasteiger partial charge in [-0.05, 0) is 23.8 Å². The molecule has 0 spiro atoms. The lowest BCUT2D eigenvalue weighted by molar-refractivity contribution is -0.142. The van der Waals surface area contributed by atoms with E-state index in [0.717, 1.165) is 5.56 Å². The average Bonchev–Trinajstić information content (AvgIpc) is 2.58. The molecule has 130 valence electrons. The Morgan fingerprint density at radius 2 is 1.84 bits per heavy atom. The van der Waals surface area contributed by atoms with Gasteiger partial charge >= 0.3 is 5.97 Å². The van der Waals surface area contributed by atoms with E-state index in [4.69, 9.17) is 23.2 Å². The molecule has 0 bridgehead atoms. The number of carbonyl (C=O) groups excluding carboxylic acids is 1. The molecule has 25 heavy (non-hydrogen) atoms. The predicted octanol–water partition coefficient (Wildman–Crippen LogP) is 4.32. The van der Waals surface area contributed by atoms with Gasteiger partial charge in [-0.2, -0.15) is 0 Å². The Morgan fingerprint density at radius 1 is 1.16 bits per heavy atom. The van der Waals surface area contributed by atoms with Gasteiger partial charge in [0, 0.05) is 18.0 Å². The number of nitrogens with zero attached hydrogens (tertiary/aromatic N) is 1. The van der Waals surface area contributed by atoms with E-state index in [2.05, 4.69) is 6.58 Å². The van der Waals surface area contributed by atoms with E-state index >= 15 is 0 Å². The summed E-state index contributed by atoms with van der Waals surface area (Å²) in [6, 6.07) is 12.6. The molecule has 0 saturated carbocycles. The number of halogens is 2. The van der Waals surface area contributed by atoms with Crippen molar-refractivity contribution in [1.29, 1.82) is 0 Å². The molecule has 0 aliphatic heterocycles. The van der Waals surface area contributed by atoms with Gasteiger partial charge in [0.05, 0.1) is 10.6 Å². The van der Waals surface area contributed by atoms with Crippen LogP contribution >= 0.6 is 23.2 Å². The van der Waals surface area contributed by atoms with Crippen LogP contribution in [0.4, 0.5) is 0 Å². The van der Waals surface area contributed by atoms with E-state index in [0.29, 0.717) is 5.02 Å². The summed E-state index contributed by atoms with van der Waals surface area (Å²) in [5, 5.41) is 10.2. The molecule has 0 aromatic heterocycles. The number of benzene rings is 2. The molecule has 0 aliphatic rings.